The van der Waals surface area contributed by atoms with E-state index >= 15 is 0 Å². The quantitative estimate of drug-likeness (QED) is 0.475. The number of ketones is 1. The highest BCUT2D eigenvalue weighted by Gasteiger charge is 2.10. The Labute approximate surface area is 92.5 Å². The fourth-order valence-electron chi connectivity index (χ4n) is 1.49. The van der Waals surface area contributed by atoms with E-state index in [9.17, 15) is 4.79 Å². The van der Waals surface area contributed by atoms with Gasteiger partial charge in [0.25, 0.3) is 0 Å². The van der Waals surface area contributed by atoms with Gasteiger partial charge in [0.2, 0.25) is 0 Å². The van der Waals surface area contributed by atoms with E-state index in [2.05, 4.69) is 34.1 Å². The molecule has 2 nitrogen and oxygen atoms in total. The lowest BCUT2D eigenvalue weighted by Crippen LogP contribution is -2.05. The maximum atomic E-state index is 11.3. The zero-order valence-corrected chi connectivity index (χ0v) is 10.2. The Hall–Kier alpha value is -0.320. The third kappa shape index (κ3) is 2.33. The van der Waals surface area contributed by atoms with Crippen molar-refractivity contribution in [3.63, 3.8) is 0 Å². The van der Waals surface area contributed by atoms with Crippen LogP contribution in [0, 0.1) is 0 Å². The SMILES string of the molecule is CCn1ccc(C(C)=O)c1CCI. The van der Waals surface area contributed by atoms with Crippen LogP contribution in [-0.4, -0.2) is 14.8 Å². The second-order valence-electron chi connectivity index (χ2n) is 2.96. The number of nitrogens with zero attached hydrogens (tertiary/aromatic N) is 1. The summed E-state index contributed by atoms with van der Waals surface area (Å²) in [4.78, 5) is 11.3. The highest BCUT2D eigenvalue weighted by molar-refractivity contribution is 14.1. The minimum atomic E-state index is 0.173. The van der Waals surface area contributed by atoms with Crippen molar-refractivity contribution in [3.8, 4) is 0 Å². The predicted molar refractivity (Wildman–Crippen MR) is 62.7 cm³/mol. The van der Waals surface area contributed by atoms with Crippen molar-refractivity contribution < 1.29 is 4.79 Å². The lowest BCUT2D eigenvalue weighted by Gasteiger charge is -2.06. The summed E-state index contributed by atoms with van der Waals surface area (Å²) in [6.07, 6.45) is 2.98. The van der Waals surface area contributed by atoms with Gasteiger partial charge >= 0.3 is 0 Å². The summed E-state index contributed by atoms with van der Waals surface area (Å²) in [5.74, 6) is 0.173. The summed E-state index contributed by atoms with van der Waals surface area (Å²) < 4.78 is 3.21. The molecule has 13 heavy (non-hydrogen) atoms. The molecular weight excluding hydrogens is 277 g/mol. The number of carbonyl (C=O) groups excluding carboxylic acids is 1. The highest BCUT2D eigenvalue weighted by atomic mass is 127. The van der Waals surface area contributed by atoms with Gasteiger partial charge in [-0.1, -0.05) is 22.6 Å². The second-order valence-corrected chi connectivity index (χ2v) is 4.04. The van der Waals surface area contributed by atoms with Gasteiger partial charge < -0.3 is 4.57 Å². The lowest BCUT2D eigenvalue weighted by atomic mass is 10.1. The van der Waals surface area contributed by atoms with Crippen molar-refractivity contribution in [1.82, 2.24) is 4.57 Å². The van der Waals surface area contributed by atoms with Crippen molar-refractivity contribution in [2.45, 2.75) is 26.8 Å². The van der Waals surface area contributed by atoms with Gasteiger partial charge in [0.15, 0.2) is 5.78 Å². The first kappa shape index (κ1) is 10.8. The zero-order valence-electron chi connectivity index (χ0n) is 8.01. The Morgan fingerprint density at radius 3 is 2.77 bits per heavy atom. The largest absolute Gasteiger partial charge is 0.351 e. The molecule has 0 saturated carbocycles. The summed E-state index contributed by atoms with van der Waals surface area (Å²) in [5, 5.41) is 0. The van der Waals surface area contributed by atoms with Crippen LogP contribution in [0.1, 0.15) is 29.9 Å². The number of carbonyl (C=O) groups is 1. The Morgan fingerprint density at radius 1 is 1.62 bits per heavy atom. The van der Waals surface area contributed by atoms with Crippen LogP contribution in [0.2, 0.25) is 0 Å². The van der Waals surface area contributed by atoms with Crippen LogP contribution in [0.25, 0.3) is 0 Å². The van der Waals surface area contributed by atoms with E-state index in [1.807, 2.05) is 12.3 Å². The van der Waals surface area contributed by atoms with Gasteiger partial charge in [0.05, 0.1) is 0 Å². The number of hydrogen-bond acceptors (Lipinski definition) is 1. The summed E-state index contributed by atoms with van der Waals surface area (Å²) >= 11 is 2.34. The van der Waals surface area contributed by atoms with Crippen LogP contribution in [-0.2, 0) is 13.0 Å². The van der Waals surface area contributed by atoms with Crippen LogP contribution in [0.3, 0.4) is 0 Å². The van der Waals surface area contributed by atoms with Crippen molar-refractivity contribution in [1.29, 1.82) is 0 Å². The van der Waals surface area contributed by atoms with Crippen LogP contribution in [0.4, 0.5) is 0 Å². The molecule has 0 bridgehead atoms. The Kier molecular flexibility index (Phi) is 3.96. The van der Waals surface area contributed by atoms with Crippen LogP contribution in [0.15, 0.2) is 12.3 Å². The molecule has 0 atom stereocenters. The van der Waals surface area contributed by atoms with Gasteiger partial charge in [-0.15, -0.1) is 0 Å². The number of aromatic nitrogens is 1. The summed E-state index contributed by atoms with van der Waals surface area (Å²) in [7, 11) is 0. The first-order valence-corrected chi connectivity index (χ1v) is 5.98. The standard InChI is InChI=1S/C10H14INO/c1-3-12-7-5-9(8(2)13)10(12)4-6-11/h5,7H,3-4,6H2,1-2H3. The molecule has 0 amide bonds. The first-order valence-electron chi connectivity index (χ1n) is 4.45. The maximum Gasteiger partial charge on any atom is 0.161 e. The highest BCUT2D eigenvalue weighted by Crippen LogP contribution is 2.13. The molecule has 1 rings (SSSR count). The Balaban J connectivity index is 3.06. The molecule has 0 saturated heterocycles. The van der Waals surface area contributed by atoms with Crippen molar-refractivity contribution in [2.24, 2.45) is 0 Å². The van der Waals surface area contributed by atoms with E-state index in [-0.39, 0.29) is 5.78 Å². The molecule has 0 aromatic carbocycles. The molecule has 0 aliphatic heterocycles. The van der Waals surface area contributed by atoms with E-state index in [1.54, 1.807) is 6.92 Å². The van der Waals surface area contributed by atoms with Gasteiger partial charge in [0, 0.05) is 28.4 Å². The van der Waals surface area contributed by atoms with Crippen molar-refractivity contribution >= 4 is 28.4 Å². The Bertz CT molecular complexity index is 304. The normalized spacial score (nSPS) is 10.4. The van der Waals surface area contributed by atoms with Crippen LogP contribution >= 0.6 is 22.6 Å². The van der Waals surface area contributed by atoms with Crippen molar-refractivity contribution in [3.05, 3.63) is 23.5 Å². The zero-order chi connectivity index (χ0) is 9.84. The van der Waals surface area contributed by atoms with Gasteiger partial charge in [-0.3, -0.25) is 4.79 Å². The molecule has 0 N–H and O–H groups in total. The minimum Gasteiger partial charge on any atom is -0.351 e. The molecule has 1 heterocycles. The molecule has 0 radical (unpaired) electrons. The van der Waals surface area contributed by atoms with Gasteiger partial charge in [-0.2, -0.15) is 0 Å². The monoisotopic (exact) mass is 291 g/mol. The molecule has 0 unspecified atom stereocenters. The molecule has 0 aliphatic carbocycles. The summed E-state index contributed by atoms with van der Waals surface area (Å²) in [6.45, 7) is 4.67. The average molecular weight is 291 g/mol. The minimum absolute atomic E-state index is 0.173. The topological polar surface area (TPSA) is 22.0 Å². The molecule has 1 aromatic heterocycles. The van der Waals surface area contributed by atoms with Gasteiger partial charge in [0.1, 0.15) is 0 Å². The van der Waals surface area contributed by atoms with Crippen LogP contribution < -0.4 is 0 Å². The molecule has 0 spiro atoms. The van der Waals surface area contributed by atoms with E-state index in [4.69, 9.17) is 0 Å². The third-order valence-electron chi connectivity index (χ3n) is 2.13. The second kappa shape index (κ2) is 4.79. The van der Waals surface area contributed by atoms with E-state index in [1.165, 1.54) is 5.69 Å². The van der Waals surface area contributed by atoms with Crippen LogP contribution in [0.5, 0.6) is 0 Å². The molecule has 1 aromatic rings. The lowest BCUT2D eigenvalue weighted by molar-refractivity contribution is 0.101. The number of Topliss-reactive ketones (excluding diaryl/α,β-unsaturated/α-hetero) is 1. The van der Waals surface area contributed by atoms with Crippen molar-refractivity contribution in [2.75, 3.05) is 4.43 Å². The predicted octanol–water partition coefficient (Wildman–Crippen LogP) is 2.69. The van der Waals surface area contributed by atoms with Gasteiger partial charge in [-0.25, -0.2) is 0 Å². The van der Waals surface area contributed by atoms with E-state index in [0.717, 1.165) is 23.0 Å². The average Bonchev–Trinajstić information content (AvgIpc) is 2.48. The Morgan fingerprint density at radius 2 is 2.31 bits per heavy atom. The fraction of sp³-hybridized carbons (Fsp3) is 0.500. The van der Waals surface area contributed by atoms with E-state index in [0.29, 0.717) is 0 Å². The number of alkyl halides is 1. The molecule has 3 heteroatoms. The molecule has 0 fully saturated rings. The molecular formula is C10H14INO. The smallest absolute Gasteiger partial charge is 0.161 e. The van der Waals surface area contributed by atoms with Gasteiger partial charge in [-0.05, 0) is 26.3 Å². The fourth-order valence-corrected chi connectivity index (χ4v) is 2.00. The number of hydrogen-bond donors (Lipinski definition) is 0. The molecule has 0 aliphatic rings. The first-order chi connectivity index (χ1) is 6.20. The molecule has 72 valence electrons. The van der Waals surface area contributed by atoms with E-state index < -0.39 is 0 Å². The number of rotatable bonds is 4. The third-order valence-corrected chi connectivity index (χ3v) is 2.67. The maximum absolute atomic E-state index is 11.3. The number of aryl methyl sites for hydroxylation is 1. The summed E-state index contributed by atoms with van der Waals surface area (Å²) in [5.41, 5.74) is 2.07. The number of halogens is 1. The summed E-state index contributed by atoms with van der Waals surface area (Å²) in [6, 6.07) is 1.92.